The van der Waals surface area contributed by atoms with Gasteiger partial charge in [0.05, 0.1) is 18.3 Å². The van der Waals surface area contributed by atoms with Crippen molar-refractivity contribution < 1.29 is 4.74 Å². The molecule has 3 rings (SSSR count). The zero-order chi connectivity index (χ0) is 13.4. The maximum atomic E-state index is 9.30. The van der Waals surface area contributed by atoms with Gasteiger partial charge in [-0.05, 0) is 44.2 Å². The van der Waals surface area contributed by atoms with Crippen molar-refractivity contribution in [3.63, 3.8) is 0 Å². The predicted molar refractivity (Wildman–Crippen MR) is 73.1 cm³/mol. The lowest BCUT2D eigenvalue weighted by Gasteiger charge is -2.34. The van der Waals surface area contributed by atoms with E-state index >= 15 is 0 Å². The molecule has 2 fully saturated rings. The average molecular weight is 257 g/mol. The molecule has 1 aliphatic carbocycles. The molecule has 0 unspecified atom stereocenters. The van der Waals surface area contributed by atoms with Gasteiger partial charge in [0.15, 0.2) is 0 Å². The van der Waals surface area contributed by atoms with Crippen LogP contribution in [0.15, 0.2) is 6.07 Å². The second-order valence-electron chi connectivity index (χ2n) is 5.57. The number of morpholine rings is 1. The molecule has 0 bridgehead atoms. The van der Waals surface area contributed by atoms with Gasteiger partial charge in [-0.25, -0.2) is 4.98 Å². The molecule has 4 heteroatoms. The van der Waals surface area contributed by atoms with E-state index in [1.54, 1.807) is 0 Å². The van der Waals surface area contributed by atoms with Gasteiger partial charge in [-0.3, -0.25) is 0 Å². The van der Waals surface area contributed by atoms with Gasteiger partial charge in [0.1, 0.15) is 11.9 Å². The summed E-state index contributed by atoms with van der Waals surface area (Å²) in [7, 11) is 0. The minimum atomic E-state index is 0.323. The lowest BCUT2D eigenvalue weighted by molar-refractivity contribution is 0.0261. The fraction of sp³-hybridized carbons (Fsp3) is 0.600. The number of nitriles is 1. The molecule has 2 heterocycles. The Kier molecular flexibility index (Phi) is 3.16. The van der Waals surface area contributed by atoms with Crippen LogP contribution in [0.1, 0.15) is 29.7 Å². The van der Waals surface area contributed by atoms with E-state index in [1.807, 2.05) is 19.9 Å². The van der Waals surface area contributed by atoms with Crippen molar-refractivity contribution in [2.75, 3.05) is 24.6 Å². The van der Waals surface area contributed by atoms with Gasteiger partial charge in [0.25, 0.3) is 0 Å². The van der Waals surface area contributed by atoms with E-state index in [0.29, 0.717) is 11.7 Å². The standard InChI is InChI=1S/C15H19N3O/c1-10-7-13(8-16)15(17-11(10)2)18-5-6-19-14(9-18)12-3-4-12/h7,12,14H,3-6,9H2,1-2H3/t14-/m0/s1. The molecule has 0 amide bonds. The number of rotatable bonds is 2. The Morgan fingerprint density at radius 2 is 2.21 bits per heavy atom. The summed E-state index contributed by atoms with van der Waals surface area (Å²) in [6.07, 6.45) is 2.89. The first kappa shape index (κ1) is 12.4. The first-order chi connectivity index (χ1) is 9.19. The van der Waals surface area contributed by atoms with Crippen LogP contribution in [0.3, 0.4) is 0 Å². The summed E-state index contributed by atoms with van der Waals surface area (Å²) in [5.41, 5.74) is 2.76. The van der Waals surface area contributed by atoms with E-state index in [1.165, 1.54) is 12.8 Å². The second-order valence-corrected chi connectivity index (χ2v) is 5.57. The van der Waals surface area contributed by atoms with Crippen molar-refractivity contribution in [3.8, 4) is 6.07 Å². The Hall–Kier alpha value is -1.60. The predicted octanol–water partition coefficient (Wildman–Crippen LogP) is 2.19. The Bertz CT molecular complexity index is 531. The Morgan fingerprint density at radius 1 is 1.42 bits per heavy atom. The SMILES string of the molecule is Cc1cc(C#N)c(N2CCO[C@H](C3CC3)C2)nc1C. The number of aromatic nitrogens is 1. The molecule has 0 aromatic carbocycles. The van der Waals surface area contributed by atoms with Crippen LogP contribution in [0.25, 0.3) is 0 Å². The molecule has 1 atom stereocenters. The van der Waals surface area contributed by atoms with Crippen molar-refractivity contribution in [2.45, 2.75) is 32.8 Å². The largest absolute Gasteiger partial charge is 0.374 e. The molecule has 1 aromatic heterocycles. The average Bonchev–Trinajstić information content (AvgIpc) is 3.26. The Balaban J connectivity index is 1.88. The van der Waals surface area contributed by atoms with E-state index in [2.05, 4.69) is 16.0 Å². The zero-order valence-electron chi connectivity index (χ0n) is 11.5. The molecule has 1 saturated heterocycles. The summed E-state index contributed by atoms with van der Waals surface area (Å²) in [4.78, 5) is 6.85. The number of hydrogen-bond donors (Lipinski definition) is 0. The van der Waals surface area contributed by atoms with Crippen LogP contribution in [0.2, 0.25) is 0 Å². The van der Waals surface area contributed by atoms with Crippen LogP contribution < -0.4 is 4.90 Å². The highest BCUT2D eigenvalue weighted by Crippen LogP contribution is 2.36. The van der Waals surface area contributed by atoms with Crippen molar-refractivity contribution in [1.82, 2.24) is 4.98 Å². The molecular formula is C15H19N3O. The molecule has 1 aromatic rings. The molecule has 1 aliphatic heterocycles. The highest BCUT2D eigenvalue weighted by molar-refractivity contribution is 5.56. The number of anilines is 1. The van der Waals surface area contributed by atoms with Crippen molar-refractivity contribution in [3.05, 3.63) is 22.9 Å². The molecule has 100 valence electrons. The van der Waals surface area contributed by atoms with Gasteiger partial charge < -0.3 is 9.64 Å². The lowest BCUT2D eigenvalue weighted by Crippen LogP contribution is -2.44. The minimum absolute atomic E-state index is 0.323. The third-order valence-electron chi connectivity index (χ3n) is 4.11. The molecule has 0 spiro atoms. The molecule has 4 nitrogen and oxygen atoms in total. The van der Waals surface area contributed by atoms with E-state index in [9.17, 15) is 5.26 Å². The van der Waals surface area contributed by atoms with E-state index in [-0.39, 0.29) is 0 Å². The smallest absolute Gasteiger partial charge is 0.146 e. The maximum Gasteiger partial charge on any atom is 0.146 e. The van der Waals surface area contributed by atoms with Crippen LogP contribution in [0, 0.1) is 31.1 Å². The van der Waals surface area contributed by atoms with Gasteiger partial charge in [0, 0.05) is 18.8 Å². The molecular weight excluding hydrogens is 238 g/mol. The summed E-state index contributed by atoms with van der Waals surface area (Å²) in [6.45, 7) is 6.43. The fourth-order valence-electron chi connectivity index (χ4n) is 2.64. The van der Waals surface area contributed by atoms with Crippen molar-refractivity contribution >= 4 is 5.82 Å². The molecule has 0 radical (unpaired) electrons. The summed E-state index contributed by atoms with van der Waals surface area (Å²) < 4.78 is 5.83. The molecule has 0 N–H and O–H groups in total. The van der Waals surface area contributed by atoms with E-state index in [4.69, 9.17) is 4.74 Å². The number of nitrogens with zero attached hydrogens (tertiary/aromatic N) is 3. The summed E-state index contributed by atoms with van der Waals surface area (Å²) in [5.74, 6) is 1.56. The monoisotopic (exact) mass is 257 g/mol. The molecule has 1 saturated carbocycles. The highest BCUT2D eigenvalue weighted by Gasteiger charge is 2.36. The van der Waals surface area contributed by atoms with Crippen LogP contribution in [0.4, 0.5) is 5.82 Å². The zero-order valence-corrected chi connectivity index (χ0v) is 11.5. The number of ether oxygens (including phenoxy) is 1. The number of aryl methyl sites for hydroxylation is 2. The van der Waals surface area contributed by atoms with Crippen LogP contribution in [0.5, 0.6) is 0 Å². The van der Waals surface area contributed by atoms with Gasteiger partial charge in [-0.15, -0.1) is 0 Å². The summed E-state index contributed by atoms with van der Waals surface area (Å²) in [5, 5.41) is 9.30. The maximum absolute atomic E-state index is 9.30. The van der Waals surface area contributed by atoms with Crippen molar-refractivity contribution in [2.24, 2.45) is 5.92 Å². The van der Waals surface area contributed by atoms with Gasteiger partial charge in [-0.1, -0.05) is 0 Å². The van der Waals surface area contributed by atoms with Crippen LogP contribution in [-0.2, 0) is 4.74 Å². The Labute approximate surface area is 114 Å². The van der Waals surface area contributed by atoms with Crippen LogP contribution in [-0.4, -0.2) is 30.8 Å². The number of hydrogen-bond acceptors (Lipinski definition) is 4. The summed E-state index contributed by atoms with van der Waals surface area (Å²) >= 11 is 0. The highest BCUT2D eigenvalue weighted by atomic mass is 16.5. The van der Waals surface area contributed by atoms with Crippen LogP contribution >= 0.6 is 0 Å². The third kappa shape index (κ3) is 2.43. The number of pyridine rings is 1. The molecule has 2 aliphatic rings. The topological polar surface area (TPSA) is 49.2 Å². The quantitative estimate of drug-likeness (QED) is 0.815. The Morgan fingerprint density at radius 3 is 2.89 bits per heavy atom. The second kappa shape index (κ2) is 4.82. The van der Waals surface area contributed by atoms with E-state index < -0.39 is 0 Å². The fourth-order valence-corrected chi connectivity index (χ4v) is 2.64. The lowest BCUT2D eigenvalue weighted by atomic mass is 10.1. The first-order valence-corrected chi connectivity index (χ1v) is 6.94. The van der Waals surface area contributed by atoms with Gasteiger partial charge in [-0.2, -0.15) is 5.26 Å². The third-order valence-corrected chi connectivity index (χ3v) is 4.11. The van der Waals surface area contributed by atoms with Gasteiger partial charge in [0.2, 0.25) is 0 Å². The van der Waals surface area contributed by atoms with Gasteiger partial charge >= 0.3 is 0 Å². The van der Waals surface area contributed by atoms with Crippen molar-refractivity contribution in [1.29, 1.82) is 5.26 Å². The minimum Gasteiger partial charge on any atom is -0.374 e. The first-order valence-electron chi connectivity index (χ1n) is 6.94. The summed E-state index contributed by atoms with van der Waals surface area (Å²) in [6, 6.07) is 4.22. The van der Waals surface area contributed by atoms with E-state index in [0.717, 1.165) is 42.7 Å². The normalized spacial score (nSPS) is 23.2. The molecule has 19 heavy (non-hydrogen) atoms.